The van der Waals surface area contributed by atoms with Crippen LogP contribution in [0.4, 0.5) is 5.69 Å². The van der Waals surface area contributed by atoms with Crippen LogP contribution in [-0.4, -0.2) is 17.0 Å². The maximum atomic E-state index is 3.65. The first-order valence-electron chi connectivity index (χ1n) is 6.45. The van der Waals surface area contributed by atoms with Gasteiger partial charge in [-0.05, 0) is 35.3 Å². The van der Waals surface area contributed by atoms with E-state index < -0.39 is 0 Å². The van der Waals surface area contributed by atoms with E-state index in [0.29, 0.717) is 6.04 Å². The molecular formula is C15H23NS. The van der Waals surface area contributed by atoms with Gasteiger partial charge in [0, 0.05) is 17.0 Å². The van der Waals surface area contributed by atoms with Crippen LogP contribution in [0, 0.1) is 0 Å². The van der Waals surface area contributed by atoms with Crippen LogP contribution < -0.4 is 5.32 Å². The first-order chi connectivity index (χ1) is 7.97. The first-order valence-corrected chi connectivity index (χ1v) is 7.50. The highest BCUT2D eigenvalue weighted by Gasteiger charge is 2.23. The minimum Gasteiger partial charge on any atom is -0.381 e. The fourth-order valence-corrected chi connectivity index (χ4v) is 3.40. The van der Waals surface area contributed by atoms with Crippen molar-refractivity contribution in [3.05, 3.63) is 29.8 Å². The van der Waals surface area contributed by atoms with Gasteiger partial charge in [-0.1, -0.05) is 39.8 Å². The molecule has 0 bridgehead atoms. The van der Waals surface area contributed by atoms with Gasteiger partial charge in [0.1, 0.15) is 0 Å². The van der Waals surface area contributed by atoms with Crippen LogP contribution in [0.2, 0.25) is 0 Å². The molecule has 17 heavy (non-hydrogen) atoms. The van der Waals surface area contributed by atoms with Gasteiger partial charge in [-0.25, -0.2) is 0 Å². The molecule has 0 radical (unpaired) electrons. The van der Waals surface area contributed by atoms with Crippen molar-refractivity contribution in [3.8, 4) is 0 Å². The van der Waals surface area contributed by atoms with E-state index >= 15 is 0 Å². The summed E-state index contributed by atoms with van der Waals surface area (Å²) >= 11 is 2.07. The third-order valence-electron chi connectivity index (χ3n) is 3.48. The normalized spacial score (nSPS) is 24.9. The topological polar surface area (TPSA) is 12.0 Å². The summed E-state index contributed by atoms with van der Waals surface area (Å²) in [5.74, 6) is 1.29. The summed E-state index contributed by atoms with van der Waals surface area (Å²) in [5.41, 5.74) is 2.91. The van der Waals surface area contributed by atoms with Crippen LogP contribution in [0.5, 0.6) is 0 Å². The molecule has 2 unspecified atom stereocenters. The Labute approximate surface area is 109 Å². The van der Waals surface area contributed by atoms with Crippen molar-refractivity contribution >= 4 is 17.4 Å². The molecule has 0 aliphatic carbocycles. The van der Waals surface area contributed by atoms with Crippen LogP contribution in [0.25, 0.3) is 0 Å². The van der Waals surface area contributed by atoms with Gasteiger partial charge in [0.05, 0.1) is 0 Å². The van der Waals surface area contributed by atoms with Crippen molar-refractivity contribution in [1.82, 2.24) is 0 Å². The summed E-state index contributed by atoms with van der Waals surface area (Å²) in [7, 11) is 0. The summed E-state index contributed by atoms with van der Waals surface area (Å²) < 4.78 is 0. The zero-order valence-corrected chi connectivity index (χ0v) is 12.1. The van der Waals surface area contributed by atoms with E-state index in [9.17, 15) is 0 Å². The van der Waals surface area contributed by atoms with Crippen molar-refractivity contribution in [2.24, 2.45) is 0 Å². The van der Waals surface area contributed by atoms with Gasteiger partial charge in [0.15, 0.2) is 0 Å². The Kier molecular flexibility index (Phi) is 3.72. The number of anilines is 1. The average Bonchev–Trinajstić information content (AvgIpc) is 2.64. The average molecular weight is 249 g/mol. The lowest BCUT2D eigenvalue weighted by Gasteiger charge is -2.21. The van der Waals surface area contributed by atoms with Crippen LogP contribution in [-0.2, 0) is 5.41 Å². The smallest absolute Gasteiger partial charge is 0.0385 e. The minimum atomic E-state index is 0.245. The van der Waals surface area contributed by atoms with Crippen molar-refractivity contribution < 1.29 is 0 Å². The number of hydrogen-bond donors (Lipinski definition) is 1. The standard InChI is InChI=1S/C15H23NS/c1-11-14(9-10-17-11)16-13-7-5-12(6-8-13)15(2,3)4/h5-8,11,14,16H,9-10H2,1-4H3. The van der Waals surface area contributed by atoms with Crippen molar-refractivity contribution in [3.63, 3.8) is 0 Å². The number of hydrogen-bond acceptors (Lipinski definition) is 2. The Morgan fingerprint density at radius 2 is 1.82 bits per heavy atom. The van der Waals surface area contributed by atoms with Crippen molar-refractivity contribution in [2.75, 3.05) is 11.1 Å². The molecule has 1 saturated heterocycles. The third-order valence-corrected chi connectivity index (χ3v) is 4.80. The van der Waals surface area contributed by atoms with E-state index in [1.54, 1.807) is 0 Å². The molecule has 0 spiro atoms. The quantitative estimate of drug-likeness (QED) is 0.839. The molecule has 2 atom stereocenters. The molecule has 2 rings (SSSR count). The van der Waals surface area contributed by atoms with Crippen molar-refractivity contribution in [2.45, 2.75) is 50.8 Å². The monoisotopic (exact) mass is 249 g/mol. The first kappa shape index (κ1) is 12.8. The lowest BCUT2D eigenvalue weighted by atomic mass is 9.87. The highest BCUT2D eigenvalue weighted by molar-refractivity contribution is 8.00. The Hall–Kier alpha value is -0.630. The Morgan fingerprint density at radius 3 is 2.29 bits per heavy atom. The number of nitrogens with one attached hydrogen (secondary N) is 1. The van der Waals surface area contributed by atoms with Gasteiger partial charge in [-0.3, -0.25) is 0 Å². The molecule has 1 heterocycles. The second-order valence-electron chi connectivity index (χ2n) is 5.94. The second-order valence-corrected chi connectivity index (χ2v) is 7.43. The van der Waals surface area contributed by atoms with E-state index in [2.05, 4.69) is 69.0 Å². The number of thioether (sulfide) groups is 1. The van der Waals surface area contributed by atoms with E-state index in [1.807, 2.05) is 0 Å². The van der Waals surface area contributed by atoms with Gasteiger partial charge < -0.3 is 5.32 Å². The van der Waals surface area contributed by atoms with Crippen LogP contribution in [0.15, 0.2) is 24.3 Å². The molecular weight excluding hydrogens is 226 g/mol. The molecule has 1 aromatic carbocycles. The molecule has 1 N–H and O–H groups in total. The summed E-state index contributed by atoms with van der Waals surface area (Å²) in [4.78, 5) is 0. The van der Waals surface area contributed by atoms with Crippen LogP contribution in [0.1, 0.15) is 39.7 Å². The SMILES string of the molecule is CC1SCCC1Nc1ccc(C(C)(C)C)cc1. The van der Waals surface area contributed by atoms with E-state index in [1.165, 1.54) is 23.4 Å². The zero-order chi connectivity index (χ0) is 12.5. The molecule has 1 aliphatic heterocycles. The van der Waals surface area contributed by atoms with E-state index in [4.69, 9.17) is 0 Å². The largest absolute Gasteiger partial charge is 0.381 e. The highest BCUT2D eigenvalue weighted by atomic mass is 32.2. The maximum absolute atomic E-state index is 3.65. The van der Waals surface area contributed by atoms with Crippen molar-refractivity contribution in [1.29, 1.82) is 0 Å². The molecule has 94 valence electrons. The predicted molar refractivity (Wildman–Crippen MR) is 79.1 cm³/mol. The lowest BCUT2D eigenvalue weighted by molar-refractivity contribution is 0.590. The lowest BCUT2D eigenvalue weighted by Crippen LogP contribution is -2.24. The van der Waals surface area contributed by atoms with Gasteiger partial charge >= 0.3 is 0 Å². The summed E-state index contributed by atoms with van der Waals surface area (Å²) in [6.45, 7) is 9.08. The molecule has 2 heteroatoms. The van der Waals surface area contributed by atoms with Crippen LogP contribution >= 0.6 is 11.8 Å². The third kappa shape index (κ3) is 3.19. The molecule has 0 amide bonds. The van der Waals surface area contributed by atoms with E-state index in [0.717, 1.165) is 5.25 Å². The second kappa shape index (κ2) is 4.93. The van der Waals surface area contributed by atoms with Crippen LogP contribution in [0.3, 0.4) is 0 Å². The zero-order valence-electron chi connectivity index (χ0n) is 11.3. The fraction of sp³-hybridized carbons (Fsp3) is 0.600. The van der Waals surface area contributed by atoms with E-state index in [-0.39, 0.29) is 5.41 Å². The maximum Gasteiger partial charge on any atom is 0.0385 e. The Balaban J connectivity index is 2.03. The fourth-order valence-electron chi connectivity index (χ4n) is 2.20. The minimum absolute atomic E-state index is 0.245. The molecule has 0 aromatic heterocycles. The molecule has 0 saturated carbocycles. The van der Waals surface area contributed by atoms with Gasteiger partial charge in [0.25, 0.3) is 0 Å². The van der Waals surface area contributed by atoms with Gasteiger partial charge in [0.2, 0.25) is 0 Å². The predicted octanol–water partition coefficient (Wildman–Crippen LogP) is 4.29. The highest BCUT2D eigenvalue weighted by Crippen LogP contribution is 2.29. The molecule has 1 aromatic rings. The number of benzene rings is 1. The van der Waals surface area contributed by atoms with Gasteiger partial charge in [-0.2, -0.15) is 11.8 Å². The molecule has 1 fully saturated rings. The summed E-state index contributed by atoms with van der Waals surface area (Å²) in [6, 6.07) is 9.57. The Morgan fingerprint density at radius 1 is 1.18 bits per heavy atom. The molecule has 1 aliphatic rings. The summed E-state index contributed by atoms with van der Waals surface area (Å²) in [6.07, 6.45) is 1.28. The Bertz CT molecular complexity index is 364. The van der Waals surface area contributed by atoms with Gasteiger partial charge in [-0.15, -0.1) is 0 Å². The molecule has 1 nitrogen and oxygen atoms in total. The summed E-state index contributed by atoms with van der Waals surface area (Å²) in [5, 5.41) is 4.38. The number of rotatable bonds is 2.